The van der Waals surface area contributed by atoms with Crippen LogP contribution in [0.5, 0.6) is 28.7 Å². The van der Waals surface area contributed by atoms with Gasteiger partial charge in [-0.15, -0.1) is 0 Å². The second-order valence-corrected chi connectivity index (χ2v) is 7.84. The number of rotatable bonds is 12. The van der Waals surface area contributed by atoms with E-state index in [0.29, 0.717) is 29.2 Å². The van der Waals surface area contributed by atoms with Gasteiger partial charge >= 0.3 is 11.9 Å². The lowest BCUT2D eigenvalue weighted by Crippen LogP contribution is -2.17. The number of nitro benzene ring substituents is 1. The van der Waals surface area contributed by atoms with Gasteiger partial charge in [0.05, 0.1) is 30.4 Å². The number of nitrogens with one attached hydrogen (secondary N) is 1. The molecule has 0 aliphatic carbocycles. The fourth-order valence-corrected chi connectivity index (χ4v) is 3.31. The third-order valence-corrected chi connectivity index (χ3v) is 5.13. The van der Waals surface area contributed by atoms with Crippen molar-refractivity contribution in [3.8, 4) is 28.7 Å². The summed E-state index contributed by atoms with van der Waals surface area (Å²) < 4.78 is 60.8. The van der Waals surface area contributed by atoms with Crippen molar-refractivity contribution in [3.63, 3.8) is 0 Å². The zero-order chi connectivity index (χ0) is 29.3. The Morgan fingerprint density at radius 2 is 1.75 bits per heavy atom. The lowest BCUT2D eigenvalue weighted by Gasteiger charge is -2.13. The van der Waals surface area contributed by atoms with E-state index in [1.165, 1.54) is 43.7 Å². The number of ether oxygens (including phenoxy) is 4. The molecule has 3 aromatic carbocycles. The van der Waals surface area contributed by atoms with Crippen LogP contribution in [0.4, 0.5) is 18.9 Å². The molecule has 13 heteroatoms. The number of amides is 1. The van der Waals surface area contributed by atoms with Crippen LogP contribution in [0.3, 0.4) is 0 Å². The monoisotopic (exact) mass is 559 g/mol. The summed E-state index contributed by atoms with van der Waals surface area (Å²) in [6, 6.07) is 11.0. The molecule has 210 valence electrons. The highest BCUT2D eigenvalue weighted by molar-refractivity contribution is 5.95. The van der Waals surface area contributed by atoms with Gasteiger partial charge in [-0.1, -0.05) is 12.7 Å². The van der Waals surface area contributed by atoms with Crippen LogP contribution in [0.15, 0.2) is 72.4 Å². The zero-order valence-corrected chi connectivity index (χ0v) is 21.4. The number of methoxy groups -OCH3 is 1. The average Bonchev–Trinajstić information content (AvgIpc) is 2.92. The van der Waals surface area contributed by atoms with Gasteiger partial charge in [0, 0.05) is 11.6 Å². The first-order chi connectivity index (χ1) is 19.1. The van der Waals surface area contributed by atoms with Crippen LogP contribution < -0.4 is 24.4 Å². The molecule has 0 spiro atoms. The van der Waals surface area contributed by atoms with Crippen molar-refractivity contribution in [2.45, 2.75) is 13.1 Å². The number of benzene rings is 3. The van der Waals surface area contributed by atoms with Crippen LogP contribution in [-0.2, 0) is 6.18 Å². The van der Waals surface area contributed by atoms with Gasteiger partial charge in [-0.3, -0.25) is 14.9 Å². The topological polar surface area (TPSA) is 122 Å². The third-order valence-electron chi connectivity index (χ3n) is 5.13. The fourth-order valence-electron chi connectivity index (χ4n) is 3.31. The Morgan fingerprint density at radius 1 is 1.02 bits per heavy atom. The molecule has 3 aromatic rings. The maximum absolute atomic E-state index is 13.0. The summed E-state index contributed by atoms with van der Waals surface area (Å²) >= 11 is 0. The Balaban J connectivity index is 1.77. The van der Waals surface area contributed by atoms with Gasteiger partial charge in [-0.25, -0.2) is 5.43 Å². The first-order valence-corrected chi connectivity index (χ1v) is 11.6. The molecule has 1 N–H and O–H groups in total. The number of alkyl halides is 3. The molecule has 0 aliphatic rings. The maximum Gasteiger partial charge on any atom is 0.416 e. The van der Waals surface area contributed by atoms with Crippen LogP contribution in [0.1, 0.15) is 28.4 Å². The SMILES string of the molecule is C=CCOc1ccc(C(=O)N/N=C/c2ccc(Oc3ccc(C(F)(F)F)cc3[N+](=O)[O-])c(OCC)c2)cc1OC. The molecule has 0 aromatic heterocycles. The molecule has 1 amide bonds. The number of nitrogens with zero attached hydrogens (tertiary/aromatic N) is 2. The van der Waals surface area contributed by atoms with Crippen LogP contribution >= 0.6 is 0 Å². The number of hydrazone groups is 1. The Bertz CT molecular complexity index is 1420. The standard InChI is InChI=1S/C27H24F3N3O7/c1-4-12-39-22-10-7-18(14-24(22)37-3)26(34)32-31-16-17-6-9-23(25(13-17)38-5-2)40-21-11-8-19(27(28,29)30)15-20(21)33(35)36/h4,6-11,13-16H,1,5,12H2,2-3H3,(H,32,34)/b31-16+. The van der Waals surface area contributed by atoms with Crippen molar-refractivity contribution in [1.29, 1.82) is 0 Å². The minimum Gasteiger partial charge on any atom is -0.493 e. The van der Waals surface area contributed by atoms with E-state index in [9.17, 15) is 28.1 Å². The zero-order valence-electron chi connectivity index (χ0n) is 21.4. The highest BCUT2D eigenvalue weighted by Gasteiger charge is 2.33. The number of carbonyl (C=O) groups excluding carboxylic acids is 1. The van der Waals surface area contributed by atoms with E-state index in [2.05, 4.69) is 17.1 Å². The molecule has 0 fully saturated rings. The quantitative estimate of drug-likeness (QED) is 0.122. The van der Waals surface area contributed by atoms with Gasteiger partial charge in [0.15, 0.2) is 23.0 Å². The normalized spacial score (nSPS) is 11.1. The van der Waals surface area contributed by atoms with Crippen LogP contribution in [0, 0.1) is 10.1 Å². The highest BCUT2D eigenvalue weighted by Crippen LogP contribution is 2.40. The largest absolute Gasteiger partial charge is 0.493 e. The highest BCUT2D eigenvalue weighted by atomic mass is 19.4. The summed E-state index contributed by atoms with van der Waals surface area (Å²) in [6.45, 7) is 5.72. The lowest BCUT2D eigenvalue weighted by molar-refractivity contribution is -0.385. The first-order valence-electron chi connectivity index (χ1n) is 11.6. The Morgan fingerprint density at radius 3 is 2.40 bits per heavy atom. The van der Waals surface area contributed by atoms with Gasteiger partial charge in [0.25, 0.3) is 5.91 Å². The molecule has 0 bridgehead atoms. The molecule has 40 heavy (non-hydrogen) atoms. The smallest absolute Gasteiger partial charge is 0.416 e. The predicted molar refractivity (Wildman–Crippen MR) is 140 cm³/mol. The van der Waals surface area contributed by atoms with E-state index < -0.39 is 34.0 Å². The molecule has 0 radical (unpaired) electrons. The number of nitro groups is 1. The summed E-state index contributed by atoms with van der Waals surface area (Å²) in [6.07, 6.45) is -1.86. The Kier molecular flexibility index (Phi) is 9.68. The Hall–Kier alpha value is -5.07. The summed E-state index contributed by atoms with van der Waals surface area (Å²) in [4.78, 5) is 22.9. The number of carbonyl (C=O) groups is 1. The van der Waals surface area contributed by atoms with Crippen molar-refractivity contribution in [2.24, 2.45) is 5.10 Å². The minimum absolute atomic E-state index is 0.0248. The van der Waals surface area contributed by atoms with E-state index in [-0.39, 0.29) is 30.3 Å². The van der Waals surface area contributed by atoms with Gasteiger partial charge in [0.1, 0.15) is 6.61 Å². The molecule has 0 heterocycles. The van der Waals surface area contributed by atoms with E-state index in [1.54, 1.807) is 19.1 Å². The van der Waals surface area contributed by atoms with Gasteiger partial charge < -0.3 is 18.9 Å². The maximum atomic E-state index is 13.0. The minimum atomic E-state index is -4.76. The predicted octanol–water partition coefficient (Wildman–Crippen LogP) is 6.14. The van der Waals surface area contributed by atoms with Crippen molar-refractivity contribution >= 4 is 17.8 Å². The van der Waals surface area contributed by atoms with Crippen molar-refractivity contribution in [3.05, 3.63) is 94.1 Å². The Labute approximate surface area is 226 Å². The van der Waals surface area contributed by atoms with Crippen LogP contribution in [0.2, 0.25) is 0 Å². The second kappa shape index (κ2) is 13.1. The summed E-state index contributed by atoms with van der Waals surface area (Å²) in [7, 11) is 1.44. The summed E-state index contributed by atoms with van der Waals surface area (Å²) in [5, 5.41) is 15.3. The molecular formula is C27H24F3N3O7. The third kappa shape index (κ3) is 7.49. The molecule has 10 nitrogen and oxygen atoms in total. The summed E-state index contributed by atoms with van der Waals surface area (Å²) in [5.41, 5.74) is 1.07. The van der Waals surface area contributed by atoms with Gasteiger partial charge in [-0.2, -0.15) is 18.3 Å². The van der Waals surface area contributed by atoms with Crippen molar-refractivity contribution in [1.82, 2.24) is 5.43 Å². The molecular weight excluding hydrogens is 535 g/mol. The van der Waals surface area contributed by atoms with Crippen molar-refractivity contribution in [2.75, 3.05) is 20.3 Å². The molecule has 0 unspecified atom stereocenters. The fraction of sp³-hybridized carbons (Fsp3) is 0.185. The van der Waals surface area contributed by atoms with E-state index in [1.807, 2.05) is 0 Å². The second-order valence-electron chi connectivity index (χ2n) is 7.84. The van der Waals surface area contributed by atoms with Crippen molar-refractivity contribution < 1.29 is 41.8 Å². The molecule has 0 saturated carbocycles. The van der Waals surface area contributed by atoms with E-state index >= 15 is 0 Å². The molecule has 0 saturated heterocycles. The molecule has 0 aliphatic heterocycles. The van der Waals surface area contributed by atoms with Crippen LogP contribution in [-0.4, -0.2) is 37.4 Å². The first kappa shape index (κ1) is 29.5. The van der Waals surface area contributed by atoms with Gasteiger partial charge in [-0.05, 0) is 61.0 Å². The van der Waals surface area contributed by atoms with Gasteiger partial charge in [0.2, 0.25) is 5.75 Å². The lowest BCUT2D eigenvalue weighted by atomic mass is 10.1. The van der Waals surface area contributed by atoms with E-state index in [0.717, 1.165) is 6.07 Å². The molecule has 3 rings (SSSR count). The number of hydrogen-bond acceptors (Lipinski definition) is 8. The average molecular weight is 559 g/mol. The number of hydrogen-bond donors (Lipinski definition) is 1. The van der Waals surface area contributed by atoms with E-state index in [4.69, 9.17) is 18.9 Å². The number of halogens is 3. The summed E-state index contributed by atoms with van der Waals surface area (Å²) in [5.74, 6) is 0.0375. The molecule has 0 atom stereocenters. The van der Waals surface area contributed by atoms with Crippen LogP contribution in [0.25, 0.3) is 0 Å².